The predicted octanol–water partition coefficient (Wildman–Crippen LogP) is 3.71. The van der Waals surface area contributed by atoms with E-state index in [2.05, 4.69) is 24.2 Å². The number of amidine groups is 1. The van der Waals surface area contributed by atoms with Gasteiger partial charge in [-0.1, -0.05) is 36.4 Å². The van der Waals surface area contributed by atoms with Crippen LogP contribution < -0.4 is 10.1 Å². The number of ether oxygens (including phenoxy) is 1. The molecule has 1 unspecified atom stereocenters. The van der Waals surface area contributed by atoms with Crippen molar-refractivity contribution >= 4 is 28.5 Å². The standard InChI is InChI=1S/C14H19ClN2OS/c1-4-14(2)9-19-13(17-14)16-8-10-11(15)6-5-7-12(10)18-3/h5-7H,4,8-9H2,1-3H3,(H,16,17). The maximum absolute atomic E-state index is 6.20. The summed E-state index contributed by atoms with van der Waals surface area (Å²) in [5.74, 6) is 1.85. The van der Waals surface area contributed by atoms with Crippen molar-refractivity contribution in [1.82, 2.24) is 5.32 Å². The van der Waals surface area contributed by atoms with Gasteiger partial charge in [-0.2, -0.15) is 0 Å². The number of benzene rings is 1. The van der Waals surface area contributed by atoms with Crippen LogP contribution in [-0.4, -0.2) is 23.6 Å². The number of thioether (sulfide) groups is 1. The smallest absolute Gasteiger partial charge is 0.157 e. The van der Waals surface area contributed by atoms with Crippen molar-refractivity contribution in [2.24, 2.45) is 4.99 Å². The second kappa shape index (κ2) is 6.06. The van der Waals surface area contributed by atoms with E-state index in [9.17, 15) is 0 Å². The largest absolute Gasteiger partial charge is 0.496 e. The molecule has 2 rings (SSSR count). The molecule has 1 aliphatic rings. The van der Waals surface area contributed by atoms with Crippen molar-refractivity contribution in [2.45, 2.75) is 32.4 Å². The van der Waals surface area contributed by atoms with Crippen LogP contribution in [0.1, 0.15) is 25.8 Å². The highest BCUT2D eigenvalue weighted by molar-refractivity contribution is 8.14. The molecule has 5 heteroatoms. The van der Waals surface area contributed by atoms with Gasteiger partial charge in [0.25, 0.3) is 0 Å². The molecule has 19 heavy (non-hydrogen) atoms. The maximum atomic E-state index is 6.20. The zero-order valence-corrected chi connectivity index (χ0v) is 13.1. The lowest BCUT2D eigenvalue weighted by atomic mass is 10.0. The Morgan fingerprint density at radius 3 is 2.95 bits per heavy atom. The summed E-state index contributed by atoms with van der Waals surface area (Å²) in [5.41, 5.74) is 1.10. The Balaban J connectivity index is 2.11. The first-order chi connectivity index (χ1) is 9.08. The molecule has 1 saturated heterocycles. The predicted molar refractivity (Wildman–Crippen MR) is 83.4 cm³/mol. The molecule has 0 aromatic heterocycles. The summed E-state index contributed by atoms with van der Waals surface area (Å²) in [6, 6.07) is 5.66. The van der Waals surface area contributed by atoms with Gasteiger partial charge in [-0.3, -0.25) is 4.99 Å². The van der Waals surface area contributed by atoms with Crippen molar-refractivity contribution in [3.8, 4) is 5.75 Å². The van der Waals surface area contributed by atoms with Crippen LogP contribution in [0.3, 0.4) is 0 Å². The second-order valence-corrected chi connectivity index (χ2v) is 6.24. The van der Waals surface area contributed by atoms with Gasteiger partial charge in [0.05, 0.1) is 13.7 Å². The van der Waals surface area contributed by atoms with Gasteiger partial charge in [-0.15, -0.1) is 0 Å². The van der Waals surface area contributed by atoms with Crippen molar-refractivity contribution in [3.63, 3.8) is 0 Å². The first-order valence-corrected chi connectivity index (χ1v) is 7.71. The van der Waals surface area contributed by atoms with Crippen LogP contribution in [0.25, 0.3) is 0 Å². The molecule has 104 valence electrons. The minimum absolute atomic E-state index is 0.161. The Hall–Kier alpha value is -0.870. The van der Waals surface area contributed by atoms with E-state index in [0.717, 1.165) is 28.7 Å². The molecule has 1 aromatic carbocycles. The molecule has 0 spiro atoms. The van der Waals surface area contributed by atoms with Crippen LogP contribution >= 0.6 is 23.4 Å². The number of nitrogens with zero attached hydrogens (tertiary/aromatic N) is 1. The van der Waals surface area contributed by atoms with Gasteiger partial charge in [0.15, 0.2) is 5.17 Å². The van der Waals surface area contributed by atoms with E-state index in [1.807, 2.05) is 18.2 Å². The van der Waals surface area contributed by atoms with Crippen LogP contribution in [0.5, 0.6) is 5.75 Å². The van der Waals surface area contributed by atoms with Gasteiger partial charge in [0, 0.05) is 21.9 Å². The third-order valence-electron chi connectivity index (χ3n) is 3.39. The molecule has 0 radical (unpaired) electrons. The van der Waals surface area contributed by atoms with Crippen molar-refractivity contribution in [2.75, 3.05) is 12.9 Å². The van der Waals surface area contributed by atoms with E-state index >= 15 is 0 Å². The van der Waals surface area contributed by atoms with Crippen LogP contribution in [0.4, 0.5) is 0 Å². The lowest BCUT2D eigenvalue weighted by Crippen LogP contribution is -2.39. The summed E-state index contributed by atoms with van der Waals surface area (Å²) >= 11 is 7.97. The fourth-order valence-electron chi connectivity index (χ4n) is 1.87. The Bertz CT molecular complexity index is 492. The molecule has 1 fully saturated rings. The highest BCUT2D eigenvalue weighted by Gasteiger charge is 2.30. The number of hydrogen-bond donors (Lipinski definition) is 1. The molecule has 1 N–H and O–H groups in total. The van der Waals surface area contributed by atoms with Crippen LogP contribution in [-0.2, 0) is 6.54 Å². The first-order valence-electron chi connectivity index (χ1n) is 6.35. The summed E-state index contributed by atoms with van der Waals surface area (Å²) in [5, 5.41) is 5.16. The Kier molecular flexibility index (Phi) is 4.63. The van der Waals surface area contributed by atoms with Crippen LogP contribution in [0.15, 0.2) is 23.2 Å². The minimum Gasteiger partial charge on any atom is -0.496 e. The summed E-state index contributed by atoms with van der Waals surface area (Å²) in [6.07, 6.45) is 1.09. The van der Waals surface area contributed by atoms with Gasteiger partial charge in [-0.05, 0) is 25.5 Å². The van der Waals surface area contributed by atoms with E-state index in [1.165, 1.54) is 0 Å². The molecule has 3 nitrogen and oxygen atoms in total. The van der Waals surface area contributed by atoms with E-state index in [4.69, 9.17) is 16.3 Å². The number of halogens is 1. The van der Waals surface area contributed by atoms with Crippen molar-refractivity contribution in [1.29, 1.82) is 0 Å². The molecule has 1 aromatic rings. The lowest BCUT2D eigenvalue weighted by molar-refractivity contribution is 0.410. The molecule has 0 saturated carbocycles. The third kappa shape index (κ3) is 3.37. The molecule has 1 aliphatic heterocycles. The Labute approximate surface area is 123 Å². The Morgan fingerprint density at radius 2 is 2.32 bits per heavy atom. The molecule has 0 bridgehead atoms. The van der Waals surface area contributed by atoms with E-state index in [-0.39, 0.29) is 5.54 Å². The minimum atomic E-state index is 0.161. The average molecular weight is 299 g/mol. The summed E-state index contributed by atoms with van der Waals surface area (Å²) in [4.78, 5) is 4.61. The third-order valence-corrected chi connectivity index (χ3v) is 5.03. The number of rotatable bonds is 4. The van der Waals surface area contributed by atoms with Gasteiger partial charge in [0.2, 0.25) is 0 Å². The van der Waals surface area contributed by atoms with Gasteiger partial charge in [0.1, 0.15) is 5.75 Å². The molecular weight excluding hydrogens is 280 g/mol. The monoisotopic (exact) mass is 298 g/mol. The number of aliphatic imine (C=N–C) groups is 1. The highest BCUT2D eigenvalue weighted by Crippen LogP contribution is 2.29. The molecular formula is C14H19ClN2OS. The number of hydrogen-bond acceptors (Lipinski definition) is 3. The lowest BCUT2D eigenvalue weighted by Gasteiger charge is -2.20. The summed E-state index contributed by atoms with van der Waals surface area (Å²) in [6.45, 7) is 4.95. The van der Waals surface area contributed by atoms with Gasteiger partial charge in [-0.25, -0.2) is 0 Å². The fraction of sp³-hybridized carbons (Fsp3) is 0.500. The van der Waals surface area contributed by atoms with Gasteiger partial charge < -0.3 is 10.1 Å². The van der Waals surface area contributed by atoms with Gasteiger partial charge >= 0.3 is 0 Å². The van der Waals surface area contributed by atoms with Crippen molar-refractivity contribution in [3.05, 3.63) is 28.8 Å². The molecule has 0 aliphatic carbocycles. The van der Waals surface area contributed by atoms with Crippen LogP contribution in [0, 0.1) is 0 Å². The Morgan fingerprint density at radius 1 is 1.53 bits per heavy atom. The number of methoxy groups -OCH3 is 1. The normalized spacial score (nSPS) is 24.5. The first kappa shape index (κ1) is 14.5. The highest BCUT2D eigenvalue weighted by atomic mass is 35.5. The van der Waals surface area contributed by atoms with Crippen molar-refractivity contribution < 1.29 is 4.74 Å². The molecule has 0 amide bonds. The summed E-state index contributed by atoms with van der Waals surface area (Å²) < 4.78 is 5.32. The molecule has 1 heterocycles. The second-order valence-electron chi connectivity index (χ2n) is 4.87. The average Bonchev–Trinajstić information content (AvgIpc) is 2.80. The SMILES string of the molecule is CCC1(C)CSC(=NCc2c(Cl)cccc2OC)N1. The zero-order chi connectivity index (χ0) is 13.9. The summed E-state index contributed by atoms with van der Waals surface area (Å²) in [7, 11) is 1.65. The molecule has 1 atom stereocenters. The van der Waals surface area contributed by atoms with E-state index < -0.39 is 0 Å². The quantitative estimate of drug-likeness (QED) is 0.920. The topological polar surface area (TPSA) is 33.6 Å². The fourth-order valence-corrected chi connectivity index (χ4v) is 3.30. The number of nitrogens with one attached hydrogen (secondary N) is 1. The maximum Gasteiger partial charge on any atom is 0.157 e. The van der Waals surface area contributed by atoms with Crippen LogP contribution in [0.2, 0.25) is 5.02 Å². The van der Waals surface area contributed by atoms with E-state index in [1.54, 1.807) is 18.9 Å². The zero-order valence-electron chi connectivity index (χ0n) is 11.5. The van der Waals surface area contributed by atoms with E-state index in [0.29, 0.717) is 11.6 Å².